The van der Waals surface area contributed by atoms with E-state index in [2.05, 4.69) is 10.3 Å². The number of imidazole rings is 1. The van der Waals surface area contributed by atoms with Crippen molar-refractivity contribution >= 4 is 23.8 Å². The van der Waals surface area contributed by atoms with E-state index >= 15 is 0 Å². The molecule has 0 aliphatic carbocycles. The highest BCUT2D eigenvalue weighted by molar-refractivity contribution is 5.93. The molecule has 4 rings (SSSR count). The molecule has 1 fully saturated rings. The first-order valence-electron chi connectivity index (χ1n) is 18.0. The first-order chi connectivity index (χ1) is 24.7. The largest absolute Gasteiger partial charge is 0.489 e. The van der Waals surface area contributed by atoms with Crippen LogP contribution in [0.2, 0.25) is 0 Å². The van der Waals surface area contributed by atoms with E-state index in [-0.39, 0.29) is 43.0 Å². The molecule has 2 aromatic carbocycles. The van der Waals surface area contributed by atoms with Crippen LogP contribution < -0.4 is 10.1 Å². The number of ether oxygens (including phenoxy) is 2. The van der Waals surface area contributed by atoms with Gasteiger partial charge in [0, 0.05) is 39.8 Å². The highest BCUT2D eigenvalue weighted by atomic mass is 19.1. The lowest BCUT2D eigenvalue weighted by Crippen LogP contribution is -2.60. The van der Waals surface area contributed by atoms with E-state index in [0.717, 1.165) is 11.1 Å². The molecule has 13 heteroatoms. The molecule has 4 atom stereocenters. The second-order valence-electron chi connectivity index (χ2n) is 16.1. The Morgan fingerprint density at radius 1 is 1.02 bits per heavy atom. The molecule has 0 unspecified atom stereocenters. The normalized spacial score (nSPS) is 17.2. The third-order valence-corrected chi connectivity index (χ3v) is 9.25. The van der Waals surface area contributed by atoms with E-state index in [1.54, 1.807) is 73.8 Å². The highest BCUT2D eigenvalue weighted by Gasteiger charge is 2.44. The molecule has 0 radical (unpaired) electrons. The Kier molecular flexibility index (Phi) is 13.0. The van der Waals surface area contributed by atoms with Crippen molar-refractivity contribution in [2.24, 2.45) is 12.5 Å². The van der Waals surface area contributed by atoms with Crippen LogP contribution in [0.4, 0.5) is 9.18 Å². The number of aromatic nitrogens is 2. The summed E-state index contributed by atoms with van der Waals surface area (Å²) in [5.74, 6) is -0.835. The number of hydrogen-bond donors (Lipinski definition) is 1. The minimum absolute atomic E-state index is 0.165. The van der Waals surface area contributed by atoms with Crippen molar-refractivity contribution in [3.63, 3.8) is 0 Å². The number of carbonyl (C=O) groups excluding carboxylic acids is 4. The predicted octanol–water partition coefficient (Wildman–Crippen LogP) is 5.39. The Hall–Kier alpha value is -4.94. The van der Waals surface area contributed by atoms with Gasteiger partial charge in [-0.3, -0.25) is 19.3 Å². The Balaban J connectivity index is 1.63. The van der Waals surface area contributed by atoms with Crippen molar-refractivity contribution in [3.8, 4) is 5.75 Å². The average molecular weight is 735 g/mol. The van der Waals surface area contributed by atoms with E-state index in [0.29, 0.717) is 18.6 Å². The number of rotatable bonds is 12. The molecule has 4 amide bonds. The second kappa shape index (κ2) is 16.8. The molecular formula is C40H55FN6O6. The first kappa shape index (κ1) is 40.8. The van der Waals surface area contributed by atoms with Crippen LogP contribution in [0.1, 0.15) is 76.5 Å². The quantitative estimate of drug-likeness (QED) is 0.265. The molecule has 1 N–H and O–H groups in total. The maximum Gasteiger partial charge on any atom is 0.410 e. The number of likely N-dealkylation sites (N-methyl/N-ethyl adjacent to an activating group) is 1. The van der Waals surface area contributed by atoms with Gasteiger partial charge in [-0.15, -0.1) is 0 Å². The summed E-state index contributed by atoms with van der Waals surface area (Å²) in [6.07, 6.45) is 3.02. The summed E-state index contributed by atoms with van der Waals surface area (Å²) in [5, 5.41) is 2.93. The van der Waals surface area contributed by atoms with Gasteiger partial charge < -0.3 is 29.2 Å². The van der Waals surface area contributed by atoms with E-state index in [1.165, 1.54) is 24.1 Å². The van der Waals surface area contributed by atoms with Crippen molar-refractivity contribution < 1.29 is 33.0 Å². The molecule has 0 bridgehead atoms. The summed E-state index contributed by atoms with van der Waals surface area (Å²) in [6, 6.07) is 11.4. The highest BCUT2D eigenvalue weighted by Crippen LogP contribution is 2.29. The number of benzene rings is 2. The van der Waals surface area contributed by atoms with Crippen LogP contribution in [0, 0.1) is 18.2 Å². The van der Waals surface area contributed by atoms with Gasteiger partial charge in [-0.2, -0.15) is 0 Å². The topological polar surface area (TPSA) is 126 Å². The molecule has 0 spiro atoms. The Morgan fingerprint density at radius 3 is 2.23 bits per heavy atom. The third kappa shape index (κ3) is 11.3. The lowest BCUT2D eigenvalue weighted by molar-refractivity contribution is -0.141. The maximum atomic E-state index is 14.7. The molecule has 1 saturated heterocycles. The van der Waals surface area contributed by atoms with Crippen LogP contribution in [-0.4, -0.2) is 105 Å². The number of nitrogens with one attached hydrogen (secondary N) is 1. The van der Waals surface area contributed by atoms with Crippen LogP contribution >= 0.6 is 0 Å². The zero-order valence-corrected chi connectivity index (χ0v) is 32.7. The monoisotopic (exact) mass is 734 g/mol. The summed E-state index contributed by atoms with van der Waals surface area (Å²) in [7, 11) is 3.26. The molecular weight excluding hydrogens is 679 g/mol. The van der Waals surface area contributed by atoms with Crippen LogP contribution in [-0.2, 0) is 27.8 Å². The molecule has 288 valence electrons. The smallest absolute Gasteiger partial charge is 0.410 e. The summed E-state index contributed by atoms with van der Waals surface area (Å²) < 4.78 is 27.2. The van der Waals surface area contributed by atoms with Crippen molar-refractivity contribution in [2.45, 2.75) is 98.1 Å². The summed E-state index contributed by atoms with van der Waals surface area (Å²) >= 11 is 0. The minimum Gasteiger partial charge on any atom is -0.489 e. The standard InChI is InChI=1S/C40H55FN6O6/c1-26-11-17-31(18-12-26)52-32-21-30(22-46(36(49)33-24-44(9)25-42-33)20-19-28-13-15-29(41)16-14-28)47(23-32)37(50)34(39(3,4)5)43-35(48)27(2)45(10)38(51)53-40(6,7)8/h11-18,24-25,27,30,32,34H,19-23H2,1-10H3,(H,43,48)/t27-,30-,32-,34+/m0/s1. The number of likely N-dealkylation sites (tertiary alicyclic amines) is 1. The second-order valence-corrected chi connectivity index (χ2v) is 16.1. The van der Waals surface area contributed by atoms with Crippen LogP contribution in [0.25, 0.3) is 0 Å². The first-order valence-corrected chi connectivity index (χ1v) is 18.0. The third-order valence-electron chi connectivity index (χ3n) is 9.25. The van der Waals surface area contributed by atoms with Gasteiger partial charge in [0.25, 0.3) is 5.91 Å². The molecule has 53 heavy (non-hydrogen) atoms. The van der Waals surface area contributed by atoms with Crippen molar-refractivity contribution in [1.29, 1.82) is 0 Å². The number of halogens is 1. The average Bonchev–Trinajstić information content (AvgIpc) is 3.70. The number of hydrogen-bond acceptors (Lipinski definition) is 7. The molecule has 2 heterocycles. The Bertz CT molecular complexity index is 1730. The maximum absolute atomic E-state index is 14.7. The van der Waals surface area contributed by atoms with Gasteiger partial charge >= 0.3 is 6.09 Å². The fourth-order valence-corrected chi connectivity index (χ4v) is 6.09. The number of aryl methyl sites for hydroxylation is 2. The lowest BCUT2D eigenvalue weighted by atomic mass is 9.85. The van der Waals surface area contributed by atoms with Gasteiger partial charge in [0.15, 0.2) is 0 Å². The SMILES string of the molecule is Cc1ccc(O[C@H]2C[C@@H](CN(CCc3ccc(F)cc3)C(=O)c3cn(C)cn3)N(C(=O)[C@@H](NC(=O)[C@H](C)N(C)C(=O)OC(C)(C)C)C(C)(C)C)C2)cc1. The van der Waals surface area contributed by atoms with E-state index < -0.39 is 47.2 Å². The van der Waals surface area contributed by atoms with E-state index in [9.17, 15) is 23.6 Å². The fourth-order valence-electron chi connectivity index (χ4n) is 6.09. The minimum atomic E-state index is -0.982. The number of nitrogens with zero attached hydrogens (tertiary/aromatic N) is 5. The van der Waals surface area contributed by atoms with Crippen molar-refractivity contribution in [2.75, 3.05) is 26.7 Å². The van der Waals surface area contributed by atoms with E-state index in [1.807, 2.05) is 52.0 Å². The number of amides is 4. The molecule has 3 aromatic rings. The van der Waals surface area contributed by atoms with Crippen LogP contribution in [0.15, 0.2) is 61.1 Å². The molecule has 1 aromatic heterocycles. The lowest BCUT2D eigenvalue weighted by Gasteiger charge is -2.38. The molecule has 0 saturated carbocycles. The van der Waals surface area contributed by atoms with Crippen LogP contribution in [0.5, 0.6) is 5.75 Å². The van der Waals surface area contributed by atoms with E-state index in [4.69, 9.17) is 9.47 Å². The van der Waals surface area contributed by atoms with Crippen LogP contribution in [0.3, 0.4) is 0 Å². The Morgan fingerprint density at radius 2 is 1.66 bits per heavy atom. The fraction of sp³-hybridized carbons (Fsp3) is 0.525. The molecule has 1 aliphatic heterocycles. The van der Waals surface area contributed by atoms with Gasteiger partial charge in [0.05, 0.1) is 18.9 Å². The van der Waals surface area contributed by atoms with Gasteiger partial charge in [0.1, 0.15) is 41.0 Å². The zero-order chi connectivity index (χ0) is 39.2. The molecule has 1 aliphatic rings. The number of carbonyl (C=O) groups is 4. The summed E-state index contributed by atoms with van der Waals surface area (Å²) in [6.45, 7) is 15.1. The summed E-state index contributed by atoms with van der Waals surface area (Å²) in [5.41, 5.74) is 0.712. The van der Waals surface area contributed by atoms with Gasteiger partial charge in [0.2, 0.25) is 11.8 Å². The predicted molar refractivity (Wildman–Crippen MR) is 200 cm³/mol. The van der Waals surface area contributed by atoms with Gasteiger partial charge in [-0.1, -0.05) is 50.6 Å². The van der Waals surface area contributed by atoms with Crippen molar-refractivity contribution in [3.05, 3.63) is 83.7 Å². The Labute approximate surface area is 312 Å². The summed E-state index contributed by atoms with van der Waals surface area (Å²) in [4.78, 5) is 64.0. The zero-order valence-electron chi connectivity index (χ0n) is 32.7. The van der Waals surface area contributed by atoms with Gasteiger partial charge in [-0.05, 0) is 76.3 Å². The molecule has 12 nitrogen and oxygen atoms in total. The van der Waals surface area contributed by atoms with Crippen molar-refractivity contribution in [1.82, 2.24) is 29.6 Å². The van der Waals surface area contributed by atoms with Gasteiger partial charge in [-0.25, -0.2) is 14.2 Å².